The quantitative estimate of drug-likeness (QED) is 0.219. The van der Waals surface area contributed by atoms with Crippen LogP contribution in [-0.2, 0) is 25.0 Å². The van der Waals surface area contributed by atoms with Crippen LogP contribution in [0.3, 0.4) is 0 Å². The Hall–Kier alpha value is -3.79. The van der Waals surface area contributed by atoms with Crippen molar-refractivity contribution in [3.8, 4) is 11.4 Å². The molecule has 3 N–H and O–H groups in total. The number of hydrogen-bond acceptors (Lipinski definition) is 9. The van der Waals surface area contributed by atoms with Crippen LogP contribution in [0.1, 0.15) is 48.7 Å². The van der Waals surface area contributed by atoms with Crippen LogP contribution in [0.5, 0.6) is 0 Å². The molecule has 4 rings (SSSR count). The lowest BCUT2D eigenvalue weighted by Gasteiger charge is -2.36. The number of amides is 3. The Labute approximate surface area is 275 Å². The van der Waals surface area contributed by atoms with Gasteiger partial charge in [-0.2, -0.15) is 13.2 Å². The van der Waals surface area contributed by atoms with Gasteiger partial charge in [-0.25, -0.2) is 14.8 Å². The number of benzene rings is 1. The highest BCUT2D eigenvalue weighted by atomic mass is 31.2. The Morgan fingerprint density at radius 2 is 1.79 bits per heavy atom. The molecule has 18 heteroatoms. The number of carbonyl (C=O) groups is 3. The normalized spacial score (nSPS) is 17.7. The topological polar surface area (TPSA) is 175 Å². The fraction of sp³-hybridized carbons (Fsp3) is 0.567. The number of carbonyl (C=O) groups excluding carboxylic acids is 3. The van der Waals surface area contributed by atoms with Crippen molar-refractivity contribution in [2.24, 2.45) is 0 Å². The number of rotatable bonds is 12. The first-order valence-electron chi connectivity index (χ1n) is 15.6. The molecule has 1 aromatic carbocycles. The number of hydrogen-bond donors (Lipinski definition) is 3. The zero-order valence-corrected chi connectivity index (χ0v) is 27.6. The lowest BCUT2D eigenvalue weighted by Crippen LogP contribution is -2.56. The van der Waals surface area contributed by atoms with Crippen LogP contribution in [0.2, 0.25) is 0 Å². The van der Waals surface area contributed by atoms with E-state index in [4.69, 9.17) is 9.47 Å². The second-order valence-electron chi connectivity index (χ2n) is 11.6. The molecule has 2 unspecified atom stereocenters. The summed E-state index contributed by atoms with van der Waals surface area (Å²) in [5.74, 6) is -1.42. The van der Waals surface area contributed by atoms with Gasteiger partial charge in [0.15, 0.2) is 5.82 Å². The maximum absolute atomic E-state index is 13.7. The predicted molar refractivity (Wildman–Crippen MR) is 167 cm³/mol. The van der Waals surface area contributed by atoms with E-state index < -0.39 is 55.9 Å². The van der Waals surface area contributed by atoms with E-state index in [2.05, 4.69) is 15.3 Å². The van der Waals surface area contributed by atoms with Gasteiger partial charge in [0, 0.05) is 58.0 Å². The molecule has 48 heavy (non-hydrogen) atoms. The monoisotopic (exact) mass is 700 g/mol. The number of halogens is 3. The molecular formula is C30H40F3N6O8P. The smallest absolute Gasteiger partial charge is 0.416 e. The second kappa shape index (κ2) is 16.1. The number of piperazine rings is 1. The summed E-state index contributed by atoms with van der Waals surface area (Å²) in [7, 11) is -3.03. The molecule has 0 spiro atoms. The van der Waals surface area contributed by atoms with Crippen LogP contribution >= 0.6 is 7.60 Å². The highest BCUT2D eigenvalue weighted by Gasteiger charge is 2.34. The number of methoxy groups -OCH3 is 1. The highest BCUT2D eigenvalue weighted by Crippen LogP contribution is 2.36. The van der Waals surface area contributed by atoms with E-state index in [9.17, 15) is 41.9 Å². The summed E-state index contributed by atoms with van der Waals surface area (Å²) in [6.07, 6.45) is -4.18. The summed E-state index contributed by atoms with van der Waals surface area (Å²) in [5, 5.41) is 2.53. The molecule has 14 nitrogen and oxygen atoms in total. The zero-order chi connectivity index (χ0) is 35.1. The van der Waals surface area contributed by atoms with Crippen molar-refractivity contribution >= 4 is 31.3 Å². The minimum atomic E-state index is -4.64. The largest absolute Gasteiger partial charge is 0.449 e. The molecule has 3 amide bonds. The summed E-state index contributed by atoms with van der Waals surface area (Å²) >= 11 is 0. The molecule has 2 fully saturated rings. The van der Waals surface area contributed by atoms with Crippen molar-refractivity contribution in [2.45, 2.75) is 50.9 Å². The van der Waals surface area contributed by atoms with Crippen LogP contribution in [0.25, 0.3) is 11.4 Å². The average Bonchev–Trinajstić information content (AvgIpc) is 3.55. The highest BCUT2D eigenvalue weighted by molar-refractivity contribution is 7.51. The van der Waals surface area contributed by atoms with Gasteiger partial charge in [0.25, 0.3) is 5.91 Å². The number of unbranched alkanes of at least 4 members (excludes halogenated alkanes) is 1. The van der Waals surface area contributed by atoms with E-state index in [1.807, 2.05) is 6.92 Å². The van der Waals surface area contributed by atoms with Crippen molar-refractivity contribution in [3.05, 3.63) is 41.6 Å². The average molecular weight is 701 g/mol. The van der Waals surface area contributed by atoms with Gasteiger partial charge in [-0.05, 0) is 31.4 Å². The Bertz CT molecular complexity index is 1500. The number of aromatic nitrogens is 2. The van der Waals surface area contributed by atoms with Crippen molar-refractivity contribution in [3.63, 3.8) is 0 Å². The van der Waals surface area contributed by atoms with E-state index in [1.165, 1.54) is 28.0 Å². The number of alkyl halides is 3. The number of anilines is 1. The van der Waals surface area contributed by atoms with Gasteiger partial charge < -0.3 is 39.3 Å². The minimum Gasteiger partial charge on any atom is -0.449 e. The van der Waals surface area contributed by atoms with E-state index in [1.54, 1.807) is 12.0 Å². The standard InChI is InChI=1S/C30H40F3N6O8P/c1-3-4-15-47-29(42)38-13-11-37(12-14-38)28(41)23(9-16-48(43,44)45)35-27(40)24-18-25(39-10-8-22(19-39)46-2)36-26(34-24)20-6-5-7-21(17-20)30(31,32)33/h5-7,17-18,22-23H,3-4,8-16,19H2,1-2H3,(H,35,40)(H2,43,44,45). The van der Waals surface area contributed by atoms with Crippen molar-refractivity contribution in [1.29, 1.82) is 0 Å². The van der Waals surface area contributed by atoms with Gasteiger partial charge in [0.2, 0.25) is 5.91 Å². The molecule has 0 radical (unpaired) electrons. The fourth-order valence-corrected chi connectivity index (χ4v) is 5.91. The van der Waals surface area contributed by atoms with Gasteiger partial charge in [-0.15, -0.1) is 0 Å². The van der Waals surface area contributed by atoms with E-state index in [0.717, 1.165) is 18.6 Å². The predicted octanol–water partition coefficient (Wildman–Crippen LogP) is 3.13. The summed E-state index contributed by atoms with van der Waals surface area (Å²) in [4.78, 5) is 72.0. The molecule has 1 aromatic heterocycles. The van der Waals surface area contributed by atoms with Crippen molar-refractivity contribution < 1.29 is 51.4 Å². The first kappa shape index (κ1) is 37.0. The maximum atomic E-state index is 13.7. The molecule has 2 atom stereocenters. The molecule has 0 saturated carbocycles. The van der Waals surface area contributed by atoms with Crippen molar-refractivity contribution in [1.82, 2.24) is 25.1 Å². The van der Waals surface area contributed by atoms with Crippen LogP contribution in [0, 0.1) is 0 Å². The number of nitrogens with zero attached hydrogens (tertiary/aromatic N) is 5. The SMILES string of the molecule is CCCCOC(=O)N1CCN(C(=O)C(CCP(=O)(O)O)NC(=O)c2cc(N3CCC(OC)C3)nc(-c3cccc(C(F)(F)F)c3)n2)CC1. The number of ether oxygens (including phenoxy) is 2. The van der Waals surface area contributed by atoms with Crippen molar-refractivity contribution in [2.75, 3.05) is 64.0 Å². The third kappa shape index (κ3) is 10.1. The van der Waals surface area contributed by atoms with Gasteiger partial charge in [-0.3, -0.25) is 14.2 Å². The molecule has 264 valence electrons. The van der Waals surface area contributed by atoms with E-state index >= 15 is 0 Å². The minimum absolute atomic E-state index is 0.00318. The molecule has 3 heterocycles. The summed E-state index contributed by atoms with van der Waals surface area (Å²) < 4.78 is 62.9. The van der Waals surface area contributed by atoms with Gasteiger partial charge in [-0.1, -0.05) is 25.5 Å². The summed E-state index contributed by atoms with van der Waals surface area (Å²) in [5.41, 5.74) is -1.19. The number of nitrogens with one attached hydrogen (secondary N) is 1. The van der Waals surface area contributed by atoms with Gasteiger partial charge >= 0.3 is 19.9 Å². The zero-order valence-electron chi connectivity index (χ0n) is 26.7. The Kier molecular flexibility index (Phi) is 12.4. The van der Waals surface area contributed by atoms with E-state index in [-0.39, 0.29) is 61.8 Å². The third-order valence-corrected chi connectivity index (χ3v) is 8.92. The van der Waals surface area contributed by atoms with Crippen LogP contribution in [0.4, 0.5) is 23.8 Å². The summed E-state index contributed by atoms with van der Waals surface area (Å²) in [6.45, 7) is 3.62. The molecule has 2 saturated heterocycles. The third-order valence-electron chi connectivity index (χ3n) is 8.08. The summed E-state index contributed by atoms with van der Waals surface area (Å²) in [6, 6.07) is 4.31. The first-order valence-corrected chi connectivity index (χ1v) is 17.4. The molecule has 0 bridgehead atoms. The molecule has 2 aliphatic rings. The second-order valence-corrected chi connectivity index (χ2v) is 13.4. The lowest BCUT2D eigenvalue weighted by atomic mass is 10.1. The van der Waals surface area contributed by atoms with Crippen LogP contribution in [0.15, 0.2) is 30.3 Å². The van der Waals surface area contributed by atoms with Gasteiger partial charge in [0.05, 0.1) is 24.4 Å². The lowest BCUT2D eigenvalue weighted by molar-refractivity contribution is -0.137. The van der Waals surface area contributed by atoms with Gasteiger partial charge in [0.1, 0.15) is 17.6 Å². The van der Waals surface area contributed by atoms with E-state index in [0.29, 0.717) is 25.9 Å². The Morgan fingerprint density at radius 1 is 1.08 bits per heavy atom. The first-order chi connectivity index (χ1) is 22.7. The molecule has 0 aliphatic carbocycles. The molecule has 2 aromatic rings. The Balaban J connectivity index is 1.58. The van der Waals surface area contributed by atoms with Crippen LogP contribution in [-0.4, -0.2) is 119 Å². The molecular weight excluding hydrogens is 660 g/mol. The maximum Gasteiger partial charge on any atom is 0.416 e. The molecule has 2 aliphatic heterocycles. The fourth-order valence-electron chi connectivity index (χ4n) is 5.32. The Morgan fingerprint density at radius 3 is 2.42 bits per heavy atom. The van der Waals surface area contributed by atoms with Crippen LogP contribution < -0.4 is 10.2 Å².